The molecule has 0 atom stereocenters. The maximum absolute atomic E-state index is 12.5. The molecule has 1 fully saturated rings. The number of thioether (sulfide) groups is 1. The molecule has 0 spiro atoms. The second kappa shape index (κ2) is 6.71. The molecule has 1 saturated heterocycles. The number of rotatable bonds is 3. The topological polar surface area (TPSA) is 45.8 Å². The van der Waals surface area contributed by atoms with Crippen LogP contribution in [-0.2, 0) is 4.79 Å². The number of amides is 1. The van der Waals surface area contributed by atoms with Gasteiger partial charge in [0.2, 0.25) is 0 Å². The van der Waals surface area contributed by atoms with Gasteiger partial charge in [0.15, 0.2) is 9.84 Å². The molecule has 1 aromatic heterocycles. The second-order valence-corrected chi connectivity index (χ2v) is 7.74. The number of halogens is 2. The van der Waals surface area contributed by atoms with Crippen LogP contribution in [0.3, 0.4) is 0 Å². The Morgan fingerprint density at radius 2 is 2.00 bits per heavy atom. The summed E-state index contributed by atoms with van der Waals surface area (Å²) in [5.74, 6) is 0.595. The van der Waals surface area contributed by atoms with Crippen molar-refractivity contribution >= 4 is 60.8 Å². The Bertz CT molecular complexity index is 601. The van der Waals surface area contributed by atoms with Crippen LogP contribution >= 0.6 is 43.6 Å². The van der Waals surface area contributed by atoms with Gasteiger partial charge in [0.25, 0.3) is 5.91 Å². The van der Waals surface area contributed by atoms with E-state index in [1.165, 1.54) is 11.8 Å². The summed E-state index contributed by atoms with van der Waals surface area (Å²) in [6.07, 6.45) is 1.75. The molecule has 2 heterocycles. The number of hydrogen-bond donors (Lipinski definition) is 0. The number of aliphatic imine (C=N–C) groups is 1. The van der Waals surface area contributed by atoms with E-state index in [2.05, 4.69) is 36.9 Å². The highest BCUT2D eigenvalue weighted by molar-refractivity contribution is 9.13. The van der Waals surface area contributed by atoms with E-state index in [0.29, 0.717) is 15.3 Å². The van der Waals surface area contributed by atoms with Gasteiger partial charge in [-0.3, -0.25) is 14.7 Å². The van der Waals surface area contributed by atoms with Crippen LogP contribution in [0.1, 0.15) is 33.5 Å². The van der Waals surface area contributed by atoms with Crippen LogP contribution in [0, 0.1) is 0 Å². The highest BCUT2D eigenvalue weighted by Crippen LogP contribution is 2.36. The molecule has 114 valence electrons. The summed E-state index contributed by atoms with van der Waals surface area (Å²) in [5, 5.41) is 0.751. The third-order valence-electron chi connectivity index (χ3n) is 2.66. The Hall–Kier alpha value is -0.530. The van der Waals surface area contributed by atoms with Crippen molar-refractivity contribution in [1.29, 1.82) is 0 Å². The van der Waals surface area contributed by atoms with Gasteiger partial charge in [-0.15, -0.1) is 0 Å². The van der Waals surface area contributed by atoms with Crippen molar-refractivity contribution in [3.8, 4) is 0 Å². The Morgan fingerprint density at radius 1 is 1.33 bits per heavy atom. The average Bonchev–Trinajstić information content (AvgIpc) is 2.80. The predicted molar refractivity (Wildman–Crippen MR) is 94.2 cm³/mol. The van der Waals surface area contributed by atoms with Gasteiger partial charge in [-0.25, -0.2) is 0 Å². The summed E-state index contributed by atoms with van der Waals surface area (Å²) in [7, 11) is 0. The summed E-state index contributed by atoms with van der Waals surface area (Å²) in [6, 6.07) is 2.04. The first-order valence-corrected chi connectivity index (χ1v) is 8.95. The van der Waals surface area contributed by atoms with E-state index in [9.17, 15) is 4.79 Å². The van der Waals surface area contributed by atoms with Crippen molar-refractivity contribution in [2.75, 3.05) is 0 Å². The van der Waals surface area contributed by atoms with Crippen LogP contribution in [0.5, 0.6) is 0 Å². The van der Waals surface area contributed by atoms with E-state index in [1.54, 1.807) is 11.0 Å². The zero-order valence-electron chi connectivity index (χ0n) is 12.2. The molecule has 1 aromatic rings. The van der Waals surface area contributed by atoms with E-state index in [4.69, 9.17) is 4.42 Å². The fourth-order valence-electron chi connectivity index (χ4n) is 1.82. The summed E-state index contributed by atoms with van der Waals surface area (Å²) < 4.78 is 6.94. The van der Waals surface area contributed by atoms with Crippen molar-refractivity contribution in [2.45, 2.75) is 39.8 Å². The summed E-state index contributed by atoms with van der Waals surface area (Å²) in [4.78, 5) is 19.4. The fourth-order valence-corrected chi connectivity index (χ4v) is 3.64. The minimum Gasteiger partial charge on any atom is -0.449 e. The summed E-state index contributed by atoms with van der Waals surface area (Å²) in [5.41, 5.74) is 0. The smallest absolute Gasteiger partial charge is 0.267 e. The van der Waals surface area contributed by atoms with E-state index in [-0.39, 0.29) is 18.0 Å². The Balaban J connectivity index is 2.36. The van der Waals surface area contributed by atoms with E-state index >= 15 is 0 Å². The molecule has 0 unspecified atom stereocenters. The highest BCUT2D eigenvalue weighted by atomic mass is 79.9. The largest absolute Gasteiger partial charge is 0.449 e. The van der Waals surface area contributed by atoms with Crippen molar-refractivity contribution in [3.05, 3.63) is 25.9 Å². The van der Waals surface area contributed by atoms with Crippen LogP contribution in [0.25, 0.3) is 6.08 Å². The molecule has 21 heavy (non-hydrogen) atoms. The first-order chi connectivity index (χ1) is 9.79. The monoisotopic (exact) mass is 434 g/mol. The Kier molecular flexibility index (Phi) is 5.38. The lowest BCUT2D eigenvalue weighted by Crippen LogP contribution is -2.35. The lowest BCUT2D eigenvalue weighted by Gasteiger charge is -2.20. The number of hydrogen-bond acceptors (Lipinski definition) is 4. The minimum atomic E-state index is -0.0296. The molecule has 0 aromatic carbocycles. The summed E-state index contributed by atoms with van der Waals surface area (Å²) in [6.45, 7) is 7.96. The molecule has 4 nitrogen and oxygen atoms in total. The van der Waals surface area contributed by atoms with Gasteiger partial charge in [0, 0.05) is 18.2 Å². The van der Waals surface area contributed by atoms with Gasteiger partial charge >= 0.3 is 0 Å². The molecular formula is C14H16Br2N2O2S. The number of furan rings is 1. The molecule has 0 saturated carbocycles. The van der Waals surface area contributed by atoms with Crippen molar-refractivity contribution < 1.29 is 9.21 Å². The van der Waals surface area contributed by atoms with E-state index in [0.717, 1.165) is 9.64 Å². The molecule has 0 bridgehead atoms. The molecule has 0 radical (unpaired) electrons. The number of nitrogens with zero attached hydrogens (tertiary/aromatic N) is 2. The zero-order valence-corrected chi connectivity index (χ0v) is 16.2. The lowest BCUT2D eigenvalue weighted by molar-refractivity contribution is -0.123. The average molecular weight is 436 g/mol. The third-order valence-corrected chi connectivity index (χ3v) is 5.37. The van der Waals surface area contributed by atoms with Crippen molar-refractivity contribution in [1.82, 2.24) is 4.90 Å². The standard InChI is InChI=1S/C14H16Br2N2O2S/c1-7(2)17-14-18(8(3)4)13(19)11(21-14)6-9-5-10(15)12(16)20-9/h5-8H,1-4H3/b11-6+,17-14?. The van der Waals surface area contributed by atoms with Crippen molar-refractivity contribution in [3.63, 3.8) is 0 Å². The second-order valence-electron chi connectivity index (χ2n) is 5.16. The molecule has 1 amide bonds. The summed E-state index contributed by atoms with van der Waals surface area (Å²) >= 11 is 8.05. The van der Waals surface area contributed by atoms with Gasteiger partial charge in [0.1, 0.15) is 5.76 Å². The Labute approximate surface area is 145 Å². The molecule has 7 heteroatoms. The van der Waals surface area contributed by atoms with Crippen LogP contribution in [0.2, 0.25) is 0 Å². The number of amidine groups is 1. The minimum absolute atomic E-state index is 0.0296. The normalized spacial score (nSPS) is 19.8. The Morgan fingerprint density at radius 3 is 2.48 bits per heavy atom. The number of carbonyl (C=O) groups is 1. The SMILES string of the molecule is CC(C)N=C1S/C(=C/c2cc(Br)c(Br)o2)C(=O)N1C(C)C. The fraction of sp³-hybridized carbons (Fsp3) is 0.429. The van der Waals surface area contributed by atoms with Crippen LogP contribution < -0.4 is 0 Å². The van der Waals surface area contributed by atoms with E-state index in [1.807, 2.05) is 33.8 Å². The molecule has 2 rings (SSSR count). The molecule has 1 aliphatic rings. The van der Waals surface area contributed by atoms with E-state index < -0.39 is 0 Å². The van der Waals surface area contributed by atoms with Gasteiger partial charge in [-0.1, -0.05) is 0 Å². The van der Waals surface area contributed by atoms with Gasteiger partial charge in [0.05, 0.1) is 9.38 Å². The maximum Gasteiger partial charge on any atom is 0.267 e. The predicted octanol–water partition coefficient (Wildman–Crippen LogP) is 4.89. The van der Waals surface area contributed by atoms with Gasteiger partial charge in [-0.2, -0.15) is 0 Å². The van der Waals surface area contributed by atoms with Crippen LogP contribution in [-0.4, -0.2) is 28.1 Å². The zero-order chi connectivity index (χ0) is 15.7. The molecule has 0 N–H and O–H groups in total. The van der Waals surface area contributed by atoms with Gasteiger partial charge < -0.3 is 4.42 Å². The lowest BCUT2D eigenvalue weighted by atomic mass is 10.3. The van der Waals surface area contributed by atoms with Crippen LogP contribution in [0.15, 0.2) is 29.5 Å². The highest BCUT2D eigenvalue weighted by Gasteiger charge is 2.35. The van der Waals surface area contributed by atoms with Crippen molar-refractivity contribution in [2.24, 2.45) is 4.99 Å². The first-order valence-electron chi connectivity index (χ1n) is 6.55. The third kappa shape index (κ3) is 3.81. The molecule has 1 aliphatic heterocycles. The molecule has 0 aliphatic carbocycles. The van der Waals surface area contributed by atoms with Crippen LogP contribution in [0.4, 0.5) is 0 Å². The molecular weight excluding hydrogens is 420 g/mol. The first kappa shape index (κ1) is 16.8. The van der Waals surface area contributed by atoms with Gasteiger partial charge in [-0.05, 0) is 77.4 Å². The quantitative estimate of drug-likeness (QED) is 0.634. The number of carbonyl (C=O) groups excluding carboxylic acids is 1. The maximum atomic E-state index is 12.5.